The van der Waals surface area contributed by atoms with Gasteiger partial charge in [-0.1, -0.05) is 15.9 Å². The van der Waals surface area contributed by atoms with Gasteiger partial charge in [0.05, 0.1) is 5.52 Å². The van der Waals surface area contributed by atoms with Gasteiger partial charge in [-0.2, -0.15) is 5.10 Å². The number of fused-ring (bicyclic) bond motifs is 1. The molecule has 1 amide bonds. The van der Waals surface area contributed by atoms with E-state index in [2.05, 4.69) is 31.4 Å². The third kappa shape index (κ3) is 3.01. The summed E-state index contributed by atoms with van der Waals surface area (Å²) in [5.41, 5.74) is 0.314. The zero-order chi connectivity index (χ0) is 13.3. The van der Waals surface area contributed by atoms with Crippen molar-refractivity contribution in [2.75, 3.05) is 5.32 Å². The number of ether oxygens (including phenoxy) is 1. The van der Waals surface area contributed by atoms with Crippen molar-refractivity contribution in [1.29, 1.82) is 0 Å². The van der Waals surface area contributed by atoms with Crippen LogP contribution >= 0.6 is 15.9 Å². The molecule has 0 aliphatic heterocycles. The van der Waals surface area contributed by atoms with Crippen LogP contribution in [0.4, 0.5) is 10.6 Å². The largest absolute Gasteiger partial charge is 0.444 e. The lowest BCUT2D eigenvalue weighted by Crippen LogP contribution is -2.27. The molecule has 0 unspecified atom stereocenters. The van der Waals surface area contributed by atoms with Crippen LogP contribution in [0.3, 0.4) is 0 Å². The predicted molar refractivity (Wildman–Crippen MR) is 73.7 cm³/mol. The normalized spacial score (nSPS) is 11.6. The maximum atomic E-state index is 11.6. The fraction of sp³-hybridized carbons (Fsp3) is 0.333. The molecule has 0 aliphatic rings. The van der Waals surface area contributed by atoms with Crippen LogP contribution in [0.2, 0.25) is 0 Å². The first-order valence-corrected chi connectivity index (χ1v) is 6.28. The van der Waals surface area contributed by atoms with E-state index in [1.54, 1.807) is 0 Å². The van der Waals surface area contributed by atoms with E-state index in [-0.39, 0.29) is 0 Å². The Morgan fingerprint density at radius 3 is 2.83 bits per heavy atom. The summed E-state index contributed by atoms with van der Waals surface area (Å²) in [6.45, 7) is 5.44. The highest BCUT2D eigenvalue weighted by atomic mass is 79.9. The summed E-state index contributed by atoms with van der Waals surface area (Å²) in [4.78, 5) is 11.6. The monoisotopic (exact) mass is 311 g/mol. The van der Waals surface area contributed by atoms with Gasteiger partial charge >= 0.3 is 6.09 Å². The quantitative estimate of drug-likeness (QED) is 0.844. The Hall–Kier alpha value is -1.56. The van der Waals surface area contributed by atoms with Crippen molar-refractivity contribution in [3.8, 4) is 0 Å². The minimum Gasteiger partial charge on any atom is -0.444 e. The molecule has 0 spiro atoms. The predicted octanol–water partition coefficient (Wildman–Crippen LogP) is 3.67. The third-order valence-corrected chi connectivity index (χ3v) is 2.64. The lowest BCUT2D eigenvalue weighted by Gasteiger charge is -2.19. The second-order valence-electron chi connectivity index (χ2n) is 4.89. The minimum atomic E-state index is -0.529. The van der Waals surface area contributed by atoms with Crippen LogP contribution in [-0.4, -0.2) is 21.9 Å². The number of anilines is 1. The molecule has 1 aromatic heterocycles. The molecule has 18 heavy (non-hydrogen) atoms. The van der Waals surface area contributed by atoms with Gasteiger partial charge in [-0.15, -0.1) is 0 Å². The van der Waals surface area contributed by atoms with E-state index in [1.807, 2.05) is 39.0 Å². The highest BCUT2D eigenvalue weighted by Gasteiger charge is 2.17. The third-order valence-electron chi connectivity index (χ3n) is 2.14. The SMILES string of the molecule is CC(C)(C)OC(=O)Nc1n[nH]c2cc(Br)ccc12. The first-order valence-electron chi connectivity index (χ1n) is 5.49. The highest BCUT2D eigenvalue weighted by molar-refractivity contribution is 9.10. The number of hydrogen-bond donors (Lipinski definition) is 2. The van der Waals surface area contributed by atoms with Crippen molar-refractivity contribution in [3.05, 3.63) is 22.7 Å². The van der Waals surface area contributed by atoms with Gasteiger partial charge in [0, 0.05) is 9.86 Å². The number of aromatic amines is 1. The average molecular weight is 312 g/mol. The number of aromatic nitrogens is 2. The molecule has 1 aromatic carbocycles. The van der Waals surface area contributed by atoms with Crippen LogP contribution in [0, 0.1) is 0 Å². The molecule has 0 saturated heterocycles. The number of nitrogens with one attached hydrogen (secondary N) is 2. The number of halogens is 1. The molecule has 2 aromatic rings. The Bertz CT molecular complexity index is 587. The second kappa shape index (κ2) is 4.61. The molecule has 96 valence electrons. The summed E-state index contributed by atoms with van der Waals surface area (Å²) in [6, 6.07) is 5.65. The fourth-order valence-electron chi connectivity index (χ4n) is 1.49. The molecule has 0 radical (unpaired) electrons. The molecule has 0 fully saturated rings. The molecular formula is C12H14BrN3O2. The smallest absolute Gasteiger partial charge is 0.413 e. The van der Waals surface area contributed by atoms with Gasteiger partial charge in [0.25, 0.3) is 0 Å². The molecule has 0 bridgehead atoms. The highest BCUT2D eigenvalue weighted by Crippen LogP contribution is 2.24. The van der Waals surface area contributed by atoms with E-state index in [1.165, 1.54) is 0 Å². The Labute approximate surface area is 113 Å². The number of benzene rings is 1. The van der Waals surface area contributed by atoms with Gasteiger partial charge < -0.3 is 4.74 Å². The van der Waals surface area contributed by atoms with Gasteiger partial charge in [-0.05, 0) is 39.0 Å². The van der Waals surface area contributed by atoms with E-state index in [4.69, 9.17) is 4.74 Å². The topological polar surface area (TPSA) is 67.0 Å². The zero-order valence-electron chi connectivity index (χ0n) is 10.4. The van der Waals surface area contributed by atoms with E-state index in [0.717, 1.165) is 15.4 Å². The Kier molecular flexibility index (Phi) is 3.30. The van der Waals surface area contributed by atoms with Crippen molar-refractivity contribution in [2.24, 2.45) is 0 Å². The summed E-state index contributed by atoms with van der Waals surface area (Å²) in [5, 5.41) is 10.4. The summed E-state index contributed by atoms with van der Waals surface area (Å²) in [7, 11) is 0. The lowest BCUT2D eigenvalue weighted by atomic mass is 10.2. The molecule has 2 rings (SSSR count). The van der Waals surface area contributed by atoms with Gasteiger partial charge in [0.15, 0.2) is 5.82 Å². The van der Waals surface area contributed by atoms with Crippen LogP contribution in [0.25, 0.3) is 10.9 Å². The second-order valence-corrected chi connectivity index (χ2v) is 5.80. The van der Waals surface area contributed by atoms with E-state index >= 15 is 0 Å². The van der Waals surface area contributed by atoms with Gasteiger partial charge in [-0.25, -0.2) is 4.79 Å². The average Bonchev–Trinajstić information content (AvgIpc) is 2.57. The van der Waals surface area contributed by atoms with Crippen molar-refractivity contribution in [3.63, 3.8) is 0 Å². The number of rotatable bonds is 1. The summed E-state index contributed by atoms with van der Waals surface area (Å²) in [5.74, 6) is 0.465. The maximum absolute atomic E-state index is 11.6. The molecule has 2 N–H and O–H groups in total. The van der Waals surface area contributed by atoms with Crippen molar-refractivity contribution in [2.45, 2.75) is 26.4 Å². The van der Waals surface area contributed by atoms with E-state index in [0.29, 0.717) is 5.82 Å². The lowest BCUT2D eigenvalue weighted by molar-refractivity contribution is 0.0635. The number of hydrogen-bond acceptors (Lipinski definition) is 3. The van der Waals surface area contributed by atoms with Crippen LogP contribution in [-0.2, 0) is 4.74 Å². The van der Waals surface area contributed by atoms with Crippen molar-refractivity contribution >= 4 is 38.7 Å². The van der Waals surface area contributed by atoms with E-state index < -0.39 is 11.7 Å². The molecular weight excluding hydrogens is 298 g/mol. The van der Waals surface area contributed by atoms with Crippen LogP contribution in [0.15, 0.2) is 22.7 Å². The van der Waals surface area contributed by atoms with Crippen molar-refractivity contribution < 1.29 is 9.53 Å². The number of nitrogens with zero attached hydrogens (tertiary/aromatic N) is 1. The molecule has 1 heterocycles. The van der Waals surface area contributed by atoms with Crippen LogP contribution < -0.4 is 5.32 Å². The number of carbonyl (C=O) groups is 1. The first-order chi connectivity index (χ1) is 8.35. The molecule has 5 nitrogen and oxygen atoms in total. The minimum absolute atomic E-state index is 0.465. The molecule has 0 atom stereocenters. The summed E-state index contributed by atoms with van der Waals surface area (Å²) in [6.07, 6.45) is -0.515. The summed E-state index contributed by atoms with van der Waals surface area (Å²) >= 11 is 3.37. The van der Waals surface area contributed by atoms with Gasteiger partial charge in [0.1, 0.15) is 5.60 Å². The fourth-order valence-corrected chi connectivity index (χ4v) is 1.85. The molecule has 6 heteroatoms. The van der Waals surface area contributed by atoms with Gasteiger partial charge in [-0.3, -0.25) is 10.4 Å². The zero-order valence-corrected chi connectivity index (χ0v) is 12.0. The number of H-pyrrole nitrogens is 1. The Balaban J connectivity index is 2.20. The number of amides is 1. The Morgan fingerprint density at radius 2 is 2.17 bits per heavy atom. The molecule has 0 saturated carbocycles. The van der Waals surface area contributed by atoms with E-state index in [9.17, 15) is 4.79 Å². The first kappa shape index (κ1) is 12.9. The number of carbonyl (C=O) groups excluding carboxylic acids is 1. The van der Waals surface area contributed by atoms with Crippen LogP contribution in [0.5, 0.6) is 0 Å². The summed E-state index contributed by atoms with van der Waals surface area (Å²) < 4.78 is 6.12. The van der Waals surface area contributed by atoms with Crippen LogP contribution in [0.1, 0.15) is 20.8 Å². The molecule has 0 aliphatic carbocycles. The maximum Gasteiger partial charge on any atom is 0.413 e. The van der Waals surface area contributed by atoms with Gasteiger partial charge in [0.2, 0.25) is 0 Å². The van der Waals surface area contributed by atoms with Crippen molar-refractivity contribution in [1.82, 2.24) is 10.2 Å². The standard InChI is InChI=1S/C12H14BrN3O2/c1-12(2,3)18-11(17)14-10-8-5-4-7(13)6-9(8)15-16-10/h4-6H,1-3H3,(H2,14,15,16,17). The Morgan fingerprint density at radius 1 is 1.44 bits per heavy atom.